The van der Waals surface area contributed by atoms with Gasteiger partial charge >= 0.3 is 6.03 Å². The molecule has 0 spiro atoms. The number of amides is 4. The quantitative estimate of drug-likeness (QED) is 0.547. The second-order valence-electron chi connectivity index (χ2n) is 5.87. The Morgan fingerprint density at radius 2 is 1.73 bits per heavy atom. The number of rotatable bonds is 9. The van der Waals surface area contributed by atoms with Crippen molar-refractivity contribution in [2.75, 3.05) is 27.2 Å². The predicted molar refractivity (Wildman–Crippen MR) is 86.4 cm³/mol. The summed E-state index contributed by atoms with van der Waals surface area (Å²) in [5, 5.41) is 8.20. The average Bonchev–Trinajstić information content (AvgIpc) is 2.42. The largest absolute Gasteiger partial charge is 0.356 e. The van der Waals surface area contributed by atoms with Crippen LogP contribution in [0.5, 0.6) is 0 Å². The minimum absolute atomic E-state index is 0.0172. The highest BCUT2D eigenvalue weighted by Crippen LogP contribution is 2.05. The number of carbonyl (C=O) groups excluding carboxylic acids is 3. The molecule has 0 bridgehead atoms. The van der Waals surface area contributed by atoms with Crippen molar-refractivity contribution < 1.29 is 14.4 Å². The maximum atomic E-state index is 12.2. The molecule has 0 radical (unpaired) electrons. The predicted octanol–water partition coefficient (Wildman–Crippen LogP) is 0.705. The van der Waals surface area contributed by atoms with Gasteiger partial charge in [0.05, 0.1) is 0 Å². The third-order valence-electron chi connectivity index (χ3n) is 2.98. The van der Waals surface area contributed by atoms with E-state index in [0.717, 1.165) is 0 Å². The van der Waals surface area contributed by atoms with Crippen LogP contribution in [0.15, 0.2) is 0 Å². The number of urea groups is 1. The van der Waals surface area contributed by atoms with E-state index in [2.05, 4.69) is 16.0 Å². The molecule has 0 rings (SSSR count). The molecule has 0 fully saturated rings. The van der Waals surface area contributed by atoms with Gasteiger partial charge in [-0.3, -0.25) is 9.59 Å². The van der Waals surface area contributed by atoms with Crippen LogP contribution in [0.1, 0.15) is 40.0 Å². The van der Waals surface area contributed by atoms with E-state index < -0.39 is 6.04 Å². The van der Waals surface area contributed by atoms with Crippen molar-refractivity contribution in [3.8, 4) is 0 Å². The number of hydrogen-bond acceptors (Lipinski definition) is 3. The molecule has 0 heterocycles. The first-order valence-electron chi connectivity index (χ1n) is 7.80. The summed E-state index contributed by atoms with van der Waals surface area (Å²) in [6, 6.07) is -0.845. The molecule has 0 aliphatic rings. The van der Waals surface area contributed by atoms with Gasteiger partial charge in [0.1, 0.15) is 6.04 Å². The van der Waals surface area contributed by atoms with Crippen molar-refractivity contribution in [3.63, 3.8) is 0 Å². The highest BCUT2D eigenvalue weighted by molar-refractivity contribution is 5.86. The van der Waals surface area contributed by atoms with Crippen LogP contribution < -0.4 is 16.0 Å². The highest BCUT2D eigenvalue weighted by Gasteiger charge is 2.22. The average molecular weight is 314 g/mol. The molecule has 22 heavy (non-hydrogen) atoms. The Hall–Kier alpha value is -1.79. The molecule has 0 aromatic heterocycles. The van der Waals surface area contributed by atoms with Crippen LogP contribution in [0.4, 0.5) is 4.79 Å². The van der Waals surface area contributed by atoms with Crippen molar-refractivity contribution in [1.29, 1.82) is 0 Å². The lowest BCUT2D eigenvalue weighted by Gasteiger charge is -2.22. The van der Waals surface area contributed by atoms with Gasteiger partial charge in [-0.2, -0.15) is 0 Å². The van der Waals surface area contributed by atoms with Crippen molar-refractivity contribution in [1.82, 2.24) is 20.9 Å². The Kier molecular flexibility index (Phi) is 9.98. The van der Waals surface area contributed by atoms with Gasteiger partial charge in [-0.1, -0.05) is 13.8 Å². The van der Waals surface area contributed by atoms with Crippen molar-refractivity contribution in [2.24, 2.45) is 5.92 Å². The minimum Gasteiger partial charge on any atom is -0.356 e. The van der Waals surface area contributed by atoms with E-state index in [9.17, 15) is 14.4 Å². The van der Waals surface area contributed by atoms with Crippen molar-refractivity contribution in [2.45, 2.75) is 46.1 Å². The van der Waals surface area contributed by atoms with Gasteiger partial charge in [0.25, 0.3) is 0 Å². The molecule has 0 aliphatic carbocycles. The van der Waals surface area contributed by atoms with Gasteiger partial charge in [-0.25, -0.2) is 4.79 Å². The van der Waals surface area contributed by atoms with Gasteiger partial charge in [0, 0.05) is 33.6 Å². The summed E-state index contributed by atoms with van der Waals surface area (Å²) in [7, 11) is 3.26. The van der Waals surface area contributed by atoms with E-state index in [1.54, 1.807) is 14.1 Å². The lowest BCUT2D eigenvalue weighted by molar-refractivity contribution is -0.124. The SMILES string of the molecule is CCNC(=O)CCCNC(=O)[C@H](CC(C)C)NC(=O)N(C)C. The number of nitrogens with one attached hydrogen (secondary N) is 3. The Morgan fingerprint density at radius 1 is 1.09 bits per heavy atom. The standard InChI is InChI=1S/C15H30N4O3/c1-6-16-13(20)8-7-9-17-14(21)12(10-11(2)3)18-15(22)19(4)5/h11-12H,6-10H2,1-5H3,(H,16,20)(H,17,21)(H,18,22)/t12-/m0/s1. The molecule has 0 unspecified atom stereocenters. The number of nitrogens with zero attached hydrogens (tertiary/aromatic N) is 1. The van der Waals surface area contributed by atoms with E-state index in [4.69, 9.17) is 0 Å². The molecule has 4 amide bonds. The van der Waals surface area contributed by atoms with E-state index in [1.165, 1.54) is 4.90 Å². The van der Waals surface area contributed by atoms with Gasteiger partial charge < -0.3 is 20.9 Å². The molecular weight excluding hydrogens is 284 g/mol. The van der Waals surface area contributed by atoms with Crippen LogP contribution in [-0.4, -0.2) is 56.0 Å². The van der Waals surface area contributed by atoms with Crippen LogP contribution in [0.2, 0.25) is 0 Å². The maximum absolute atomic E-state index is 12.2. The van der Waals surface area contributed by atoms with Crippen LogP contribution in [-0.2, 0) is 9.59 Å². The molecule has 0 saturated heterocycles. The second kappa shape index (κ2) is 10.9. The molecule has 1 atom stereocenters. The number of hydrogen-bond donors (Lipinski definition) is 3. The third-order valence-corrected chi connectivity index (χ3v) is 2.98. The van der Waals surface area contributed by atoms with Gasteiger partial charge in [-0.15, -0.1) is 0 Å². The smallest absolute Gasteiger partial charge is 0.317 e. The van der Waals surface area contributed by atoms with E-state index in [1.807, 2.05) is 20.8 Å². The summed E-state index contributed by atoms with van der Waals surface area (Å²) < 4.78 is 0. The summed E-state index contributed by atoms with van der Waals surface area (Å²) in [4.78, 5) is 36.6. The molecule has 0 aliphatic heterocycles. The summed E-state index contributed by atoms with van der Waals surface area (Å²) in [6.07, 6.45) is 1.53. The molecule has 0 aromatic rings. The molecular formula is C15H30N4O3. The molecule has 3 N–H and O–H groups in total. The maximum Gasteiger partial charge on any atom is 0.317 e. The first-order valence-corrected chi connectivity index (χ1v) is 7.80. The summed E-state index contributed by atoms with van der Waals surface area (Å²) in [6.45, 7) is 6.89. The fraction of sp³-hybridized carbons (Fsp3) is 0.800. The Morgan fingerprint density at radius 3 is 2.23 bits per heavy atom. The topological polar surface area (TPSA) is 90.5 Å². The van der Waals surface area contributed by atoms with Crippen LogP contribution in [0.25, 0.3) is 0 Å². The molecule has 128 valence electrons. The second-order valence-corrected chi connectivity index (χ2v) is 5.87. The van der Waals surface area contributed by atoms with Crippen molar-refractivity contribution in [3.05, 3.63) is 0 Å². The van der Waals surface area contributed by atoms with Crippen LogP contribution in [0.3, 0.4) is 0 Å². The Bertz CT molecular complexity index is 370. The summed E-state index contributed by atoms with van der Waals surface area (Å²) in [5.74, 6) is 0.0599. The lowest BCUT2D eigenvalue weighted by Crippen LogP contribution is -2.50. The summed E-state index contributed by atoms with van der Waals surface area (Å²) >= 11 is 0. The normalized spacial score (nSPS) is 11.7. The van der Waals surface area contributed by atoms with Gasteiger partial charge in [0.2, 0.25) is 11.8 Å². The van der Waals surface area contributed by atoms with Crippen LogP contribution in [0, 0.1) is 5.92 Å². The minimum atomic E-state index is -0.556. The monoisotopic (exact) mass is 314 g/mol. The molecule has 7 nitrogen and oxygen atoms in total. The van der Waals surface area contributed by atoms with Gasteiger partial charge in [0.15, 0.2) is 0 Å². The Labute approximate surface area is 133 Å². The zero-order valence-corrected chi connectivity index (χ0v) is 14.4. The summed E-state index contributed by atoms with van der Waals surface area (Å²) in [5.41, 5.74) is 0. The van der Waals surface area contributed by atoms with E-state index >= 15 is 0 Å². The highest BCUT2D eigenvalue weighted by atomic mass is 16.2. The first-order chi connectivity index (χ1) is 10.3. The third kappa shape index (κ3) is 9.20. The van der Waals surface area contributed by atoms with Crippen molar-refractivity contribution >= 4 is 17.8 Å². The van der Waals surface area contributed by atoms with E-state index in [-0.39, 0.29) is 23.8 Å². The molecule has 0 saturated carbocycles. The van der Waals surface area contributed by atoms with E-state index in [0.29, 0.717) is 32.4 Å². The zero-order chi connectivity index (χ0) is 17.1. The Balaban J connectivity index is 4.27. The first kappa shape index (κ1) is 20.2. The lowest BCUT2D eigenvalue weighted by atomic mass is 10.0. The fourth-order valence-corrected chi connectivity index (χ4v) is 1.85. The molecule has 0 aromatic carbocycles. The van der Waals surface area contributed by atoms with Crippen LogP contribution >= 0.6 is 0 Å². The fourth-order valence-electron chi connectivity index (χ4n) is 1.85. The zero-order valence-electron chi connectivity index (χ0n) is 14.4. The molecule has 7 heteroatoms. The number of carbonyl (C=O) groups is 3. The van der Waals surface area contributed by atoms with Gasteiger partial charge in [-0.05, 0) is 25.7 Å².